The Morgan fingerprint density at radius 3 is 2.47 bits per heavy atom. The zero-order valence-electron chi connectivity index (χ0n) is 9.14. The predicted octanol–water partition coefficient (Wildman–Crippen LogP) is 1.14. The zero-order chi connectivity index (χ0) is 14.3. The summed E-state index contributed by atoms with van der Waals surface area (Å²) < 4.78 is 59.5. The monoisotopic (exact) mass is 292 g/mol. The summed E-state index contributed by atoms with van der Waals surface area (Å²) in [6.07, 6.45) is -4.50. The highest BCUT2D eigenvalue weighted by Gasteiger charge is 2.30. The van der Waals surface area contributed by atoms with Crippen molar-refractivity contribution >= 4 is 10.0 Å². The van der Waals surface area contributed by atoms with E-state index in [0.717, 1.165) is 12.1 Å². The van der Waals surface area contributed by atoms with Crippen molar-refractivity contribution in [1.82, 2.24) is 15.2 Å². The van der Waals surface area contributed by atoms with E-state index in [1.807, 2.05) is 5.10 Å². The molecule has 6 nitrogen and oxygen atoms in total. The molecule has 19 heavy (non-hydrogen) atoms. The van der Waals surface area contributed by atoms with Gasteiger partial charge in [-0.1, -0.05) is 12.1 Å². The Labute approximate surface area is 105 Å². The van der Waals surface area contributed by atoms with Crippen molar-refractivity contribution in [2.45, 2.75) is 11.3 Å². The molecule has 0 aliphatic rings. The molecule has 0 spiro atoms. The van der Waals surface area contributed by atoms with Crippen LogP contribution in [-0.2, 0) is 16.2 Å². The van der Waals surface area contributed by atoms with Gasteiger partial charge in [0.2, 0.25) is 0 Å². The molecule has 0 unspecified atom stereocenters. The van der Waals surface area contributed by atoms with Crippen LogP contribution >= 0.6 is 0 Å². The van der Waals surface area contributed by atoms with Crippen molar-refractivity contribution in [2.24, 2.45) is 5.14 Å². The second kappa shape index (κ2) is 4.31. The summed E-state index contributed by atoms with van der Waals surface area (Å²) in [4.78, 5) is 3.53. The molecule has 102 valence electrons. The number of hydrogen-bond donors (Lipinski definition) is 2. The number of nitrogens with zero attached hydrogens (tertiary/aromatic N) is 2. The molecule has 0 saturated heterocycles. The third-order valence-electron chi connectivity index (χ3n) is 2.18. The highest BCUT2D eigenvalue weighted by molar-refractivity contribution is 7.89. The summed E-state index contributed by atoms with van der Waals surface area (Å²) in [6.45, 7) is 0. The summed E-state index contributed by atoms with van der Waals surface area (Å²) in [5, 5.41) is 9.76. The number of primary sulfonamides is 1. The van der Waals surface area contributed by atoms with E-state index in [0.29, 0.717) is 0 Å². The van der Waals surface area contributed by atoms with Gasteiger partial charge in [0.05, 0.1) is 5.56 Å². The fourth-order valence-corrected chi connectivity index (χ4v) is 1.72. The largest absolute Gasteiger partial charge is 0.416 e. The van der Waals surface area contributed by atoms with Gasteiger partial charge in [-0.15, -0.1) is 0 Å². The molecule has 0 aliphatic carbocycles. The molecule has 1 aromatic carbocycles. The number of sulfonamides is 1. The van der Waals surface area contributed by atoms with Crippen LogP contribution in [0, 0.1) is 0 Å². The third kappa shape index (κ3) is 2.90. The van der Waals surface area contributed by atoms with E-state index in [4.69, 9.17) is 5.14 Å². The van der Waals surface area contributed by atoms with Gasteiger partial charge in [0.15, 0.2) is 5.82 Å². The van der Waals surface area contributed by atoms with Crippen LogP contribution in [0.5, 0.6) is 0 Å². The average molecular weight is 292 g/mol. The number of nitrogens with two attached hydrogens (primary N) is 1. The van der Waals surface area contributed by atoms with Crippen molar-refractivity contribution in [2.75, 3.05) is 0 Å². The van der Waals surface area contributed by atoms with Crippen LogP contribution in [0.3, 0.4) is 0 Å². The van der Waals surface area contributed by atoms with Crippen molar-refractivity contribution < 1.29 is 21.6 Å². The van der Waals surface area contributed by atoms with Crippen LogP contribution in [0.1, 0.15) is 5.56 Å². The Bertz CT molecular complexity index is 708. The van der Waals surface area contributed by atoms with Crippen LogP contribution < -0.4 is 5.14 Å². The first kappa shape index (κ1) is 13.5. The number of aromatic nitrogens is 3. The predicted molar refractivity (Wildman–Crippen MR) is 58.2 cm³/mol. The van der Waals surface area contributed by atoms with Gasteiger partial charge in [0.25, 0.3) is 15.2 Å². The van der Waals surface area contributed by atoms with Crippen LogP contribution in [0.15, 0.2) is 29.4 Å². The first-order chi connectivity index (χ1) is 8.68. The lowest BCUT2D eigenvalue weighted by Gasteiger charge is -2.06. The van der Waals surface area contributed by atoms with Gasteiger partial charge >= 0.3 is 6.18 Å². The third-order valence-corrected chi connectivity index (χ3v) is 2.90. The van der Waals surface area contributed by atoms with E-state index < -0.39 is 26.9 Å². The smallest absolute Gasteiger partial charge is 0.248 e. The fraction of sp³-hybridized carbons (Fsp3) is 0.111. The van der Waals surface area contributed by atoms with Crippen molar-refractivity contribution in [1.29, 1.82) is 0 Å². The molecule has 1 aromatic heterocycles. The van der Waals surface area contributed by atoms with Crippen molar-refractivity contribution in [3.63, 3.8) is 0 Å². The number of H-pyrrole nitrogens is 1. The molecule has 0 amide bonds. The van der Waals surface area contributed by atoms with E-state index in [-0.39, 0.29) is 11.4 Å². The summed E-state index contributed by atoms with van der Waals surface area (Å²) in [6, 6.07) is 4.20. The Morgan fingerprint density at radius 1 is 1.26 bits per heavy atom. The Morgan fingerprint density at radius 2 is 1.95 bits per heavy atom. The molecule has 0 radical (unpaired) electrons. The highest BCUT2D eigenvalue weighted by Crippen LogP contribution is 2.31. The van der Waals surface area contributed by atoms with E-state index in [9.17, 15) is 21.6 Å². The van der Waals surface area contributed by atoms with E-state index in [2.05, 4.69) is 10.1 Å². The summed E-state index contributed by atoms with van der Waals surface area (Å²) in [7, 11) is -4.08. The van der Waals surface area contributed by atoms with Gasteiger partial charge < -0.3 is 0 Å². The number of aromatic amines is 1. The molecule has 0 atom stereocenters. The first-order valence-corrected chi connectivity index (χ1v) is 6.35. The number of nitrogens with one attached hydrogen (secondary N) is 1. The normalized spacial score (nSPS) is 12.6. The van der Waals surface area contributed by atoms with Crippen LogP contribution in [0.25, 0.3) is 11.4 Å². The van der Waals surface area contributed by atoms with E-state index >= 15 is 0 Å². The minimum absolute atomic E-state index is 0.0287. The topological polar surface area (TPSA) is 102 Å². The maximum atomic E-state index is 12.5. The van der Waals surface area contributed by atoms with Gasteiger partial charge in [-0.25, -0.2) is 18.7 Å². The molecule has 3 N–H and O–H groups in total. The highest BCUT2D eigenvalue weighted by atomic mass is 32.2. The fourth-order valence-electron chi connectivity index (χ4n) is 1.34. The molecule has 0 fully saturated rings. The van der Waals surface area contributed by atoms with E-state index in [1.165, 1.54) is 12.1 Å². The van der Waals surface area contributed by atoms with Gasteiger partial charge in [0, 0.05) is 5.56 Å². The molecular weight excluding hydrogens is 285 g/mol. The maximum absolute atomic E-state index is 12.5. The SMILES string of the molecule is NS(=O)(=O)c1nc(-c2cccc(C(F)(F)F)c2)n[nH]1. The molecule has 2 aromatic rings. The van der Waals surface area contributed by atoms with Crippen molar-refractivity contribution in [3.8, 4) is 11.4 Å². The number of rotatable bonds is 2. The number of alkyl halides is 3. The molecule has 2 rings (SSSR count). The van der Waals surface area contributed by atoms with Gasteiger partial charge in [-0.2, -0.15) is 23.3 Å². The van der Waals surface area contributed by atoms with Gasteiger partial charge in [-0.05, 0) is 12.1 Å². The minimum Gasteiger partial charge on any atom is -0.248 e. The minimum atomic E-state index is -4.50. The molecule has 10 heteroatoms. The Hall–Kier alpha value is -1.94. The molecule has 0 aliphatic heterocycles. The quantitative estimate of drug-likeness (QED) is 0.866. The molecule has 1 heterocycles. The van der Waals surface area contributed by atoms with Gasteiger partial charge in [-0.3, -0.25) is 0 Å². The van der Waals surface area contributed by atoms with Crippen LogP contribution in [0.2, 0.25) is 0 Å². The summed E-state index contributed by atoms with van der Waals surface area (Å²) in [5.74, 6) is -0.185. The summed E-state index contributed by atoms with van der Waals surface area (Å²) in [5.41, 5.74) is -0.854. The standard InChI is InChI=1S/C9H7F3N4O2S/c10-9(11,12)6-3-1-2-5(4-6)7-14-8(16-15-7)19(13,17)18/h1-4H,(H2,13,17,18)(H,14,15,16). The second-order valence-electron chi connectivity index (χ2n) is 3.59. The second-order valence-corrected chi connectivity index (χ2v) is 5.06. The number of benzene rings is 1. The Balaban J connectivity index is 2.46. The molecule has 0 bridgehead atoms. The zero-order valence-corrected chi connectivity index (χ0v) is 9.96. The van der Waals surface area contributed by atoms with Gasteiger partial charge in [0.1, 0.15) is 0 Å². The number of hydrogen-bond acceptors (Lipinski definition) is 4. The maximum Gasteiger partial charge on any atom is 0.416 e. The van der Waals surface area contributed by atoms with E-state index in [1.54, 1.807) is 0 Å². The van der Waals surface area contributed by atoms with Crippen molar-refractivity contribution in [3.05, 3.63) is 29.8 Å². The average Bonchev–Trinajstić information content (AvgIpc) is 2.77. The first-order valence-electron chi connectivity index (χ1n) is 4.81. The molecular formula is C9H7F3N4O2S. The lowest BCUT2D eigenvalue weighted by Crippen LogP contribution is -2.13. The lowest BCUT2D eigenvalue weighted by molar-refractivity contribution is -0.137. The Kier molecular flexibility index (Phi) is 3.06. The number of halogens is 3. The lowest BCUT2D eigenvalue weighted by atomic mass is 10.1. The summed E-state index contributed by atoms with van der Waals surface area (Å²) >= 11 is 0. The molecule has 0 saturated carbocycles. The van der Waals surface area contributed by atoms with Crippen LogP contribution in [-0.4, -0.2) is 23.6 Å². The van der Waals surface area contributed by atoms with Crippen LogP contribution in [0.4, 0.5) is 13.2 Å².